The molecule has 3 heterocycles. The topological polar surface area (TPSA) is 45.2 Å². The molecule has 0 saturated carbocycles. The molecule has 1 aromatic heterocycles. The van der Waals surface area contributed by atoms with Crippen molar-refractivity contribution < 1.29 is 4.79 Å². The lowest BCUT2D eigenvalue weighted by molar-refractivity contribution is -0.119. The van der Waals surface area contributed by atoms with E-state index in [1.807, 2.05) is 6.20 Å². The van der Waals surface area contributed by atoms with Gasteiger partial charge in [-0.1, -0.05) is 6.07 Å². The van der Waals surface area contributed by atoms with E-state index in [1.165, 1.54) is 18.4 Å². The van der Waals surface area contributed by atoms with Crippen LogP contribution in [0.3, 0.4) is 0 Å². The molecule has 1 unspecified atom stereocenters. The molecule has 1 amide bonds. The summed E-state index contributed by atoms with van der Waals surface area (Å²) in [6, 6.07) is 4.20. The summed E-state index contributed by atoms with van der Waals surface area (Å²) >= 11 is 0. The molecule has 90 valence electrons. The molecule has 2 fully saturated rings. The van der Waals surface area contributed by atoms with Crippen molar-refractivity contribution in [3.63, 3.8) is 0 Å². The van der Waals surface area contributed by atoms with Gasteiger partial charge in [0.2, 0.25) is 5.91 Å². The third-order valence-electron chi connectivity index (χ3n) is 3.65. The summed E-state index contributed by atoms with van der Waals surface area (Å²) in [6.07, 6.45) is 5.07. The van der Waals surface area contributed by atoms with Crippen LogP contribution in [0.4, 0.5) is 5.82 Å². The Kier molecular flexibility index (Phi) is 2.71. The number of hydrogen-bond acceptors (Lipinski definition) is 3. The number of rotatable bonds is 2. The number of nitrogens with one attached hydrogen (secondary N) is 1. The van der Waals surface area contributed by atoms with Crippen molar-refractivity contribution in [1.82, 2.24) is 10.3 Å². The molecule has 0 spiro atoms. The highest BCUT2D eigenvalue weighted by Crippen LogP contribution is 2.24. The fraction of sp³-hybridized carbons (Fsp3) is 0.538. The summed E-state index contributed by atoms with van der Waals surface area (Å²) in [6.45, 7) is 3.00. The van der Waals surface area contributed by atoms with Crippen molar-refractivity contribution in [3.05, 3.63) is 23.9 Å². The van der Waals surface area contributed by atoms with E-state index in [9.17, 15) is 4.79 Å². The van der Waals surface area contributed by atoms with Crippen LogP contribution in [-0.4, -0.2) is 30.5 Å². The summed E-state index contributed by atoms with van der Waals surface area (Å²) in [5, 5.41) is 2.86. The zero-order valence-electron chi connectivity index (χ0n) is 9.85. The molecule has 4 nitrogen and oxygen atoms in total. The standard InChI is InChI=1S/C13H17N3O/c17-13-7-11(9-15-13)10-3-4-12(14-8-10)16-5-1-2-6-16/h3-4,8,11H,1-2,5-7,9H2,(H,15,17). The lowest BCUT2D eigenvalue weighted by Crippen LogP contribution is -2.19. The minimum absolute atomic E-state index is 0.151. The Morgan fingerprint density at radius 2 is 2.12 bits per heavy atom. The molecule has 0 aromatic carbocycles. The van der Waals surface area contributed by atoms with E-state index in [1.54, 1.807) is 0 Å². The normalized spacial score (nSPS) is 24.1. The maximum atomic E-state index is 11.2. The summed E-state index contributed by atoms with van der Waals surface area (Å²) < 4.78 is 0. The van der Waals surface area contributed by atoms with Gasteiger partial charge in [0.25, 0.3) is 0 Å². The summed E-state index contributed by atoms with van der Waals surface area (Å²) in [4.78, 5) is 18.0. The number of pyridine rings is 1. The van der Waals surface area contributed by atoms with Crippen LogP contribution < -0.4 is 10.2 Å². The van der Waals surface area contributed by atoms with E-state index >= 15 is 0 Å². The molecule has 2 aliphatic heterocycles. The minimum atomic E-state index is 0.151. The van der Waals surface area contributed by atoms with Gasteiger partial charge in [-0.05, 0) is 24.5 Å². The Morgan fingerprint density at radius 3 is 2.71 bits per heavy atom. The zero-order chi connectivity index (χ0) is 11.7. The number of carbonyl (C=O) groups excluding carboxylic acids is 1. The van der Waals surface area contributed by atoms with Crippen molar-refractivity contribution in [2.75, 3.05) is 24.5 Å². The lowest BCUT2D eigenvalue weighted by Gasteiger charge is -2.17. The lowest BCUT2D eigenvalue weighted by atomic mass is 10.0. The zero-order valence-corrected chi connectivity index (χ0v) is 9.85. The minimum Gasteiger partial charge on any atom is -0.357 e. The monoisotopic (exact) mass is 231 g/mol. The second-order valence-electron chi connectivity index (χ2n) is 4.85. The van der Waals surface area contributed by atoms with Gasteiger partial charge in [-0.15, -0.1) is 0 Å². The Morgan fingerprint density at radius 1 is 1.29 bits per heavy atom. The van der Waals surface area contributed by atoms with Crippen LogP contribution in [-0.2, 0) is 4.79 Å². The van der Waals surface area contributed by atoms with Crippen LogP contribution in [0.25, 0.3) is 0 Å². The second-order valence-corrected chi connectivity index (χ2v) is 4.85. The van der Waals surface area contributed by atoms with Gasteiger partial charge in [0.15, 0.2) is 0 Å². The van der Waals surface area contributed by atoms with Crippen LogP contribution in [0.1, 0.15) is 30.7 Å². The highest BCUT2D eigenvalue weighted by atomic mass is 16.1. The molecule has 1 N–H and O–H groups in total. The first-order valence-corrected chi connectivity index (χ1v) is 6.30. The van der Waals surface area contributed by atoms with Crippen LogP contribution in [0.2, 0.25) is 0 Å². The third kappa shape index (κ3) is 2.12. The maximum absolute atomic E-state index is 11.2. The van der Waals surface area contributed by atoms with Gasteiger partial charge in [0.1, 0.15) is 5.82 Å². The number of amides is 1. The molecule has 1 atom stereocenters. The predicted molar refractivity (Wildman–Crippen MR) is 66.1 cm³/mol. The molecular weight excluding hydrogens is 214 g/mol. The Labute approximate surface area is 101 Å². The molecule has 2 saturated heterocycles. The number of nitrogens with zero attached hydrogens (tertiary/aromatic N) is 2. The number of aromatic nitrogens is 1. The smallest absolute Gasteiger partial charge is 0.220 e. The van der Waals surface area contributed by atoms with Crippen molar-refractivity contribution in [3.8, 4) is 0 Å². The van der Waals surface area contributed by atoms with Gasteiger partial charge in [-0.25, -0.2) is 4.98 Å². The highest BCUT2D eigenvalue weighted by Gasteiger charge is 2.23. The van der Waals surface area contributed by atoms with Crippen molar-refractivity contribution in [2.45, 2.75) is 25.2 Å². The molecule has 0 bridgehead atoms. The van der Waals surface area contributed by atoms with E-state index in [0.29, 0.717) is 12.3 Å². The van der Waals surface area contributed by atoms with E-state index < -0.39 is 0 Å². The van der Waals surface area contributed by atoms with Gasteiger partial charge in [0.05, 0.1) is 0 Å². The van der Waals surface area contributed by atoms with Crippen LogP contribution in [0, 0.1) is 0 Å². The predicted octanol–water partition coefficient (Wildman–Crippen LogP) is 1.29. The van der Waals surface area contributed by atoms with E-state index in [4.69, 9.17) is 0 Å². The van der Waals surface area contributed by atoms with Crippen LogP contribution >= 0.6 is 0 Å². The van der Waals surface area contributed by atoms with Crippen LogP contribution in [0.5, 0.6) is 0 Å². The molecular formula is C13H17N3O. The maximum Gasteiger partial charge on any atom is 0.220 e. The largest absolute Gasteiger partial charge is 0.357 e. The molecule has 17 heavy (non-hydrogen) atoms. The van der Waals surface area contributed by atoms with Crippen molar-refractivity contribution in [1.29, 1.82) is 0 Å². The van der Waals surface area contributed by atoms with Gasteiger partial charge < -0.3 is 10.2 Å². The van der Waals surface area contributed by atoms with E-state index in [2.05, 4.69) is 27.3 Å². The summed E-state index contributed by atoms with van der Waals surface area (Å²) in [5.41, 5.74) is 1.17. The quantitative estimate of drug-likeness (QED) is 0.834. The fourth-order valence-corrected chi connectivity index (χ4v) is 2.61. The average Bonchev–Trinajstić information content (AvgIpc) is 3.00. The first kappa shape index (κ1) is 10.6. The molecule has 2 aliphatic rings. The average molecular weight is 231 g/mol. The molecule has 3 rings (SSSR count). The molecule has 1 aromatic rings. The fourth-order valence-electron chi connectivity index (χ4n) is 2.61. The number of carbonyl (C=O) groups is 1. The number of anilines is 1. The first-order valence-electron chi connectivity index (χ1n) is 6.30. The number of hydrogen-bond donors (Lipinski definition) is 1. The molecule has 0 aliphatic carbocycles. The van der Waals surface area contributed by atoms with Gasteiger partial charge in [-0.2, -0.15) is 0 Å². The summed E-state index contributed by atoms with van der Waals surface area (Å²) in [7, 11) is 0. The van der Waals surface area contributed by atoms with Gasteiger partial charge in [-0.3, -0.25) is 4.79 Å². The van der Waals surface area contributed by atoms with Gasteiger partial charge >= 0.3 is 0 Å². The SMILES string of the molecule is O=C1CC(c2ccc(N3CCCC3)nc2)CN1. The van der Waals surface area contributed by atoms with E-state index in [0.717, 1.165) is 25.5 Å². The second kappa shape index (κ2) is 4.35. The van der Waals surface area contributed by atoms with Crippen LogP contribution in [0.15, 0.2) is 18.3 Å². The van der Waals surface area contributed by atoms with Crippen molar-refractivity contribution in [2.24, 2.45) is 0 Å². The highest BCUT2D eigenvalue weighted by molar-refractivity contribution is 5.79. The third-order valence-corrected chi connectivity index (χ3v) is 3.65. The molecule has 0 radical (unpaired) electrons. The Balaban J connectivity index is 1.73. The Bertz CT molecular complexity index is 409. The van der Waals surface area contributed by atoms with Crippen molar-refractivity contribution >= 4 is 11.7 Å². The van der Waals surface area contributed by atoms with E-state index in [-0.39, 0.29) is 5.91 Å². The first-order chi connectivity index (χ1) is 8.33. The van der Waals surface area contributed by atoms with Gasteiger partial charge in [0, 0.05) is 38.2 Å². The molecule has 4 heteroatoms. The Hall–Kier alpha value is -1.58. The summed E-state index contributed by atoms with van der Waals surface area (Å²) in [5.74, 6) is 1.53.